The molecule has 5 nitrogen and oxygen atoms in total. The summed E-state index contributed by atoms with van der Waals surface area (Å²) in [4.78, 5) is 6.70. The molecule has 0 bridgehead atoms. The van der Waals surface area contributed by atoms with Gasteiger partial charge in [0.2, 0.25) is 0 Å². The summed E-state index contributed by atoms with van der Waals surface area (Å²) in [7, 11) is 0. The number of rotatable bonds is 5. The van der Waals surface area contributed by atoms with Gasteiger partial charge in [-0.15, -0.1) is 0 Å². The molecule has 16 heavy (non-hydrogen) atoms. The van der Waals surface area contributed by atoms with Crippen LogP contribution in [-0.2, 0) is 0 Å². The number of nitrogens with zero attached hydrogens (tertiary/aromatic N) is 3. The van der Waals surface area contributed by atoms with E-state index in [0.717, 1.165) is 51.1 Å². The van der Waals surface area contributed by atoms with Crippen molar-refractivity contribution in [1.82, 2.24) is 20.1 Å². The standard InChI is InChI=1S/C11H20N4O/c16-8-2-1-5-15-6-3-10(4-7-15)11-12-9-13-14-11/h9-10,16H,1-8H2,(H,12,13,14). The van der Waals surface area contributed by atoms with Crippen LogP contribution in [0.5, 0.6) is 0 Å². The van der Waals surface area contributed by atoms with Crippen molar-refractivity contribution in [2.75, 3.05) is 26.2 Å². The van der Waals surface area contributed by atoms with Gasteiger partial charge in [-0.2, -0.15) is 5.10 Å². The van der Waals surface area contributed by atoms with Crippen molar-refractivity contribution >= 4 is 0 Å². The summed E-state index contributed by atoms with van der Waals surface area (Å²) in [5.41, 5.74) is 0. The fourth-order valence-electron chi connectivity index (χ4n) is 2.29. The van der Waals surface area contributed by atoms with Crippen molar-refractivity contribution in [3.63, 3.8) is 0 Å². The van der Waals surface area contributed by atoms with Gasteiger partial charge in [0.25, 0.3) is 0 Å². The molecule has 0 aromatic carbocycles. The lowest BCUT2D eigenvalue weighted by Gasteiger charge is -2.30. The van der Waals surface area contributed by atoms with Crippen LogP contribution in [0.2, 0.25) is 0 Å². The molecule has 1 aliphatic heterocycles. The third-order valence-corrected chi connectivity index (χ3v) is 3.29. The highest BCUT2D eigenvalue weighted by Gasteiger charge is 2.21. The molecule has 1 aromatic rings. The van der Waals surface area contributed by atoms with E-state index >= 15 is 0 Å². The van der Waals surface area contributed by atoms with Gasteiger partial charge in [-0.3, -0.25) is 5.10 Å². The van der Waals surface area contributed by atoms with Gasteiger partial charge in [0, 0.05) is 12.5 Å². The van der Waals surface area contributed by atoms with Crippen LogP contribution in [-0.4, -0.2) is 51.4 Å². The summed E-state index contributed by atoms with van der Waals surface area (Å²) < 4.78 is 0. The minimum absolute atomic E-state index is 0.314. The van der Waals surface area contributed by atoms with Gasteiger partial charge in [0.1, 0.15) is 12.2 Å². The van der Waals surface area contributed by atoms with E-state index < -0.39 is 0 Å². The number of aliphatic hydroxyl groups is 1. The molecule has 0 atom stereocenters. The van der Waals surface area contributed by atoms with Crippen molar-refractivity contribution in [2.45, 2.75) is 31.6 Å². The maximum atomic E-state index is 8.72. The molecule has 0 unspecified atom stereocenters. The Labute approximate surface area is 95.9 Å². The molecule has 0 amide bonds. The highest BCUT2D eigenvalue weighted by atomic mass is 16.2. The highest BCUT2D eigenvalue weighted by molar-refractivity contribution is 4.95. The number of aliphatic hydroxyl groups excluding tert-OH is 1. The van der Waals surface area contributed by atoms with Crippen LogP contribution in [0, 0.1) is 0 Å². The van der Waals surface area contributed by atoms with E-state index in [2.05, 4.69) is 20.1 Å². The van der Waals surface area contributed by atoms with Gasteiger partial charge in [-0.25, -0.2) is 4.98 Å². The molecule has 1 aliphatic rings. The van der Waals surface area contributed by atoms with Crippen LogP contribution in [0.25, 0.3) is 0 Å². The highest BCUT2D eigenvalue weighted by Crippen LogP contribution is 2.24. The Bertz CT molecular complexity index is 280. The Kier molecular flexibility index (Phi) is 4.30. The predicted molar refractivity (Wildman–Crippen MR) is 61.1 cm³/mol. The molecule has 2 N–H and O–H groups in total. The molecule has 0 radical (unpaired) electrons. The van der Waals surface area contributed by atoms with Crippen molar-refractivity contribution in [3.8, 4) is 0 Å². The van der Waals surface area contributed by atoms with Gasteiger partial charge in [-0.05, 0) is 45.3 Å². The molecule has 5 heteroatoms. The van der Waals surface area contributed by atoms with Gasteiger partial charge in [0.05, 0.1) is 0 Å². The van der Waals surface area contributed by atoms with Gasteiger partial charge >= 0.3 is 0 Å². The van der Waals surface area contributed by atoms with E-state index in [1.54, 1.807) is 6.33 Å². The Balaban J connectivity index is 1.70. The molecule has 0 saturated carbocycles. The molecular formula is C11H20N4O. The quantitative estimate of drug-likeness (QED) is 0.725. The first-order chi connectivity index (χ1) is 7.90. The zero-order chi connectivity index (χ0) is 11.2. The lowest BCUT2D eigenvalue weighted by atomic mass is 9.96. The van der Waals surface area contributed by atoms with Crippen LogP contribution in [0.3, 0.4) is 0 Å². The smallest absolute Gasteiger partial charge is 0.137 e. The van der Waals surface area contributed by atoms with Gasteiger partial charge in [-0.1, -0.05) is 0 Å². The number of likely N-dealkylation sites (tertiary alicyclic amines) is 1. The SMILES string of the molecule is OCCCCN1CCC(c2ncn[nH]2)CC1. The van der Waals surface area contributed by atoms with E-state index in [0.29, 0.717) is 12.5 Å². The zero-order valence-electron chi connectivity index (χ0n) is 9.60. The average molecular weight is 224 g/mol. The number of piperidine rings is 1. The van der Waals surface area contributed by atoms with Crippen molar-refractivity contribution in [2.24, 2.45) is 0 Å². The van der Waals surface area contributed by atoms with E-state index in [1.165, 1.54) is 0 Å². The molecule has 1 fully saturated rings. The third kappa shape index (κ3) is 3.02. The van der Waals surface area contributed by atoms with E-state index in [4.69, 9.17) is 5.11 Å². The Morgan fingerprint density at radius 2 is 2.19 bits per heavy atom. The summed E-state index contributed by atoms with van der Waals surface area (Å²) >= 11 is 0. The Hall–Kier alpha value is -0.940. The van der Waals surface area contributed by atoms with Crippen molar-refractivity contribution in [1.29, 1.82) is 0 Å². The van der Waals surface area contributed by atoms with E-state index in [9.17, 15) is 0 Å². The normalized spacial score (nSPS) is 19.1. The molecular weight excluding hydrogens is 204 g/mol. The monoisotopic (exact) mass is 224 g/mol. The van der Waals surface area contributed by atoms with Crippen molar-refractivity contribution < 1.29 is 5.11 Å². The molecule has 1 saturated heterocycles. The molecule has 0 aliphatic carbocycles. The fraction of sp³-hybridized carbons (Fsp3) is 0.818. The number of aromatic nitrogens is 3. The van der Waals surface area contributed by atoms with E-state index in [1.807, 2.05) is 0 Å². The zero-order valence-corrected chi connectivity index (χ0v) is 9.60. The second-order valence-corrected chi connectivity index (χ2v) is 4.42. The maximum Gasteiger partial charge on any atom is 0.137 e. The molecule has 1 aromatic heterocycles. The minimum Gasteiger partial charge on any atom is -0.396 e. The summed E-state index contributed by atoms with van der Waals surface area (Å²) in [6.45, 7) is 3.70. The Morgan fingerprint density at radius 1 is 1.38 bits per heavy atom. The number of aromatic amines is 1. The largest absolute Gasteiger partial charge is 0.396 e. The molecule has 0 spiro atoms. The molecule has 90 valence electrons. The molecule has 2 heterocycles. The van der Waals surface area contributed by atoms with Crippen LogP contribution in [0.4, 0.5) is 0 Å². The number of H-pyrrole nitrogens is 1. The first-order valence-corrected chi connectivity index (χ1v) is 6.08. The lowest BCUT2D eigenvalue weighted by Crippen LogP contribution is -2.34. The summed E-state index contributed by atoms with van der Waals surface area (Å²) in [6, 6.07) is 0. The van der Waals surface area contributed by atoms with E-state index in [-0.39, 0.29) is 0 Å². The van der Waals surface area contributed by atoms with Crippen LogP contribution in [0.1, 0.15) is 37.4 Å². The number of unbranched alkanes of at least 4 members (excludes halogenated alkanes) is 1. The van der Waals surface area contributed by atoms with Gasteiger partial charge in [0.15, 0.2) is 0 Å². The first kappa shape index (κ1) is 11.5. The maximum absolute atomic E-state index is 8.72. The van der Waals surface area contributed by atoms with Crippen LogP contribution < -0.4 is 0 Å². The number of nitrogens with one attached hydrogen (secondary N) is 1. The minimum atomic E-state index is 0.314. The predicted octanol–water partition coefficient (Wildman–Crippen LogP) is 0.757. The number of hydrogen-bond donors (Lipinski definition) is 2. The van der Waals surface area contributed by atoms with Gasteiger partial charge < -0.3 is 10.0 Å². The summed E-state index contributed by atoms with van der Waals surface area (Å²) in [5.74, 6) is 1.59. The Morgan fingerprint density at radius 3 is 2.81 bits per heavy atom. The van der Waals surface area contributed by atoms with Crippen LogP contribution >= 0.6 is 0 Å². The average Bonchev–Trinajstić information content (AvgIpc) is 2.84. The second kappa shape index (κ2) is 5.96. The summed E-state index contributed by atoms with van der Waals surface area (Å²) in [5, 5.41) is 15.6. The lowest BCUT2D eigenvalue weighted by molar-refractivity contribution is 0.197. The fourth-order valence-corrected chi connectivity index (χ4v) is 2.29. The third-order valence-electron chi connectivity index (χ3n) is 3.29. The molecule has 2 rings (SSSR count). The van der Waals surface area contributed by atoms with Crippen molar-refractivity contribution in [3.05, 3.63) is 12.2 Å². The topological polar surface area (TPSA) is 65.0 Å². The van der Waals surface area contributed by atoms with Crippen LogP contribution in [0.15, 0.2) is 6.33 Å². The number of hydrogen-bond acceptors (Lipinski definition) is 4. The first-order valence-electron chi connectivity index (χ1n) is 6.08. The second-order valence-electron chi connectivity index (χ2n) is 4.42. The summed E-state index contributed by atoms with van der Waals surface area (Å²) in [6.07, 6.45) is 5.93.